The van der Waals surface area contributed by atoms with Crippen LogP contribution in [0.25, 0.3) is 0 Å². The number of nitrogens with two attached hydrogens (primary N) is 1. The quantitative estimate of drug-likeness (QED) is 0.686. The van der Waals surface area contributed by atoms with Gasteiger partial charge in [0.15, 0.2) is 0 Å². The van der Waals surface area contributed by atoms with Gasteiger partial charge in [-0.3, -0.25) is 9.59 Å². The largest absolute Gasteiger partial charge is 0.497 e. The summed E-state index contributed by atoms with van der Waals surface area (Å²) in [5, 5.41) is 2.94. The number of rotatable bonds is 6. The summed E-state index contributed by atoms with van der Waals surface area (Å²) in [5.41, 5.74) is 7.38. The number of fused-ring (bicyclic) bond motifs is 1. The van der Waals surface area contributed by atoms with E-state index in [4.69, 9.17) is 10.5 Å². The van der Waals surface area contributed by atoms with Gasteiger partial charge in [-0.2, -0.15) is 0 Å². The average Bonchev–Trinajstić information content (AvgIpc) is 3.00. The van der Waals surface area contributed by atoms with Gasteiger partial charge in [-0.25, -0.2) is 4.79 Å². The second-order valence-electron chi connectivity index (χ2n) is 9.10. The number of methoxy groups -OCH3 is 1. The molecule has 0 aromatic heterocycles. The lowest BCUT2D eigenvalue weighted by Crippen LogP contribution is -2.49. The van der Waals surface area contributed by atoms with Crippen LogP contribution in [0, 0.1) is 11.8 Å². The molecule has 0 spiro atoms. The van der Waals surface area contributed by atoms with Crippen molar-refractivity contribution < 1.29 is 19.1 Å². The van der Waals surface area contributed by atoms with Crippen LogP contribution in [0.4, 0.5) is 10.5 Å². The first kappa shape index (κ1) is 23.6. The van der Waals surface area contributed by atoms with Crippen molar-refractivity contribution in [3.05, 3.63) is 60.2 Å². The number of anilines is 1. The molecule has 2 aliphatic rings. The first-order valence-electron chi connectivity index (χ1n) is 11.8. The maximum Gasteiger partial charge on any atom is 0.321 e. The highest BCUT2D eigenvalue weighted by molar-refractivity contribution is 5.90. The number of ether oxygens (including phenoxy) is 1. The number of amides is 4. The molecule has 8 nitrogen and oxygen atoms in total. The van der Waals surface area contributed by atoms with Gasteiger partial charge in [-0.15, -0.1) is 0 Å². The number of hydrogen-bond acceptors (Lipinski definition) is 4. The third kappa shape index (κ3) is 5.50. The fourth-order valence-corrected chi connectivity index (χ4v) is 5.07. The molecule has 0 bridgehead atoms. The van der Waals surface area contributed by atoms with E-state index in [1.165, 1.54) is 0 Å². The molecule has 2 heterocycles. The van der Waals surface area contributed by atoms with E-state index in [1.54, 1.807) is 18.1 Å². The third-order valence-electron chi connectivity index (χ3n) is 6.97. The topological polar surface area (TPSA) is 105 Å². The van der Waals surface area contributed by atoms with Crippen molar-refractivity contribution in [1.29, 1.82) is 0 Å². The summed E-state index contributed by atoms with van der Waals surface area (Å²) in [6, 6.07) is 16.1. The lowest BCUT2D eigenvalue weighted by atomic mass is 9.82. The molecule has 4 amide bonds. The van der Waals surface area contributed by atoms with E-state index in [0.717, 1.165) is 18.4 Å². The molecule has 2 saturated heterocycles. The van der Waals surface area contributed by atoms with Crippen molar-refractivity contribution in [2.24, 2.45) is 17.6 Å². The summed E-state index contributed by atoms with van der Waals surface area (Å²) in [7, 11) is 1.59. The Morgan fingerprint density at radius 2 is 1.85 bits per heavy atom. The summed E-state index contributed by atoms with van der Waals surface area (Å²) in [6.07, 6.45) is 2.29. The van der Waals surface area contributed by atoms with Crippen molar-refractivity contribution in [2.75, 3.05) is 32.1 Å². The van der Waals surface area contributed by atoms with Crippen LogP contribution >= 0.6 is 0 Å². The van der Waals surface area contributed by atoms with Gasteiger partial charge in [0.2, 0.25) is 11.8 Å². The summed E-state index contributed by atoms with van der Waals surface area (Å²) >= 11 is 0. The fraction of sp³-hybridized carbons (Fsp3) is 0.423. The smallest absolute Gasteiger partial charge is 0.321 e. The number of nitrogens with one attached hydrogen (secondary N) is 1. The van der Waals surface area contributed by atoms with Gasteiger partial charge in [0, 0.05) is 44.2 Å². The number of carbonyl (C=O) groups excluding carboxylic acids is 3. The maximum atomic E-state index is 13.1. The van der Waals surface area contributed by atoms with Crippen LogP contribution in [0.2, 0.25) is 0 Å². The fourth-order valence-electron chi connectivity index (χ4n) is 5.07. The van der Waals surface area contributed by atoms with Crippen LogP contribution in [0.3, 0.4) is 0 Å². The lowest BCUT2D eigenvalue weighted by Gasteiger charge is -2.37. The summed E-state index contributed by atoms with van der Waals surface area (Å²) in [6.45, 7) is 1.64. The van der Waals surface area contributed by atoms with E-state index in [9.17, 15) is 14.4 Å². The highest BCUT2D eigenvalue weighted by Crippen LogP contribution is 2.33. The Bertz CT molecular complexity index is 1030. The molecular weight excluding hydrogens is 432 g/mol. The standard InChI is InChI=1S/C26H32N4O4/c1-34-22-9-5-8-21(16-22)28-26(33)29-12-10-19-15-24(31)30(13-11-20(19)17-29)23(25(27)32)14-18-6-3-2-4-7-18/h2-9,16,19-20,23H,10-15,17H2,1H3,(H2,27,32)(H,28,33)/t19-,20+,23+/m1/s1. The van der Waals surface area contributed by atoms with Gasteiger partial charge >= 0.3 is 6.03 Å². The monoisotopic (exact) mass is 464 g/mol. The Morgan fingerprint density at radius 1 is 1.09 bits per heavy atom. The summed E-state index contributed by atoms with van der Waals surface area (Å²) in [5.74, 6) is 0.564. The number of piperidine rings is 1. The summed E-state index contributed by atoms with van der Waals surface area (Å²) in [4.78, 5) is 41.8. The Morgan fingerprint density at radius 3 is 2.59 bits per heavy atom. The molecule has 2 aromatic carbocycles. The Balaban J connectivity index is 1.40. The van der Waals surface area contributed by atoms with E-state index in [0.29, 0.717) is 43.9 Å². The van der Waals surface area contributed by atoms with E-state index in [-0.39, 0.29) is 23.8 Å². The molecule has 4 rings (SSSR count). The number of urea groups is 1. The van der Waals surface area contributed by atoms with Crippen LogP contribution < -0.4 is 15.8 Å². The Kier molecular flexibility index (Phi) is 7.35. The van der Waals surface area contributed by atoms with Crippen LogP contribution in [-0.4, -0.2) is 60.4 Å². The first-order chi connectivity index (χ1) is 16.4. The molecule has 0 radical (unpaired) electrons. The molecule has 3 N–H and O–H groups in total. The molecular formula is C26H32N4O4. The molecule has 180 valence electrons. The second kappa shape index (κ2) is 10.6. The highest BCUT2D eigenvalue weighted by Gasteiger charge is 2.39. The zero-order chi connectivity index (χ0) is 24.1. The number of hydrogen-bond donors (Lipinski definition) is 2. The molecule has 0 unspecified atom stereocenters. The zero-order valence-electron chi connectivity index (χ0n) is 19.5. The van der Waals surface area contributed by atoms with E-state index >= 15 is 0 Å². The highest BCUT2D eigenvalue weighted by atomic mass is 16.5. The number of carbonyl (C=O) groups is 3. The first-order valence-corrected chi connectivity index (χ1v) is 11.8. The SMILES string of the molecule is COc1cccc(NC(=O)N2CC[C@@H]3CC(=O)N([C@@H](Cc4ccccc4)C(N)=O)CC[C@H]3C2)c1. The zero-order valence-corrected chi connectivity index (χ0v) is 19.5. The van der Waals surface area contributed by atoms with Gasteiger partial charge in [0.25, 0.3) is 0 Å². The van der Waals surface area contributed by atoms with Crippen molar-refractivity contribution in [2.45, 2.75) is 31.7 Å². The minimum Gasteiger partial charge on any atom is -0.497 e. The van der Waals surface area contributed by atoms with Gasteiger partial charge < -0.3 is 25.6 Å². The van der Waals surface area contributed by atoms with Crippen molar-refractivity contribution >= 4 is 23.5 Å². The molecule has 0 aliphatic carbocycles. The van der Waals surface area contributed by atoms with Crippen LogP contribution in [0.15, 0.2) is 54.6 Å². The third-order valence-corrected chi connectivity index (χ3v) is 6.97. The van der Waals surface area contributed by atoms with Gasteiger partial charge in [-0.1, -0.05) is 36.4 Å². The molecule has 2 aromatic rings. The molecule has 8 heteroatoms. The van der Waals surface area contributed by atoms with Crippen molar-refractivity contribution in [3.8, 4) is 5.75 Å². The van der Waals surface area contributed by atoms with Crippen LogP contribution in [0.5, 0.6) is 5.75 Å². The van der Waals surface area contributed by atoms with Crippen LogP contribution in [-0.2, 0) is 16.0 Å². The van der Waals surface area contributed by atoms with Crippen LogP contribution in [0.1, 0.15) is 24.8 Å². The minimum atomic E-state index is -0.664. The number of likely N-dealkylation sites (tertiary alicyclic amines) is 2. The van der Waals surface area contributed by atoms with Crippen molar-refractivity contribution in [1.82, 2.24) is 9.80 Å². The van der Waals surface area contributed by atoms with Gasteiger partial charge in [0.05, 0.1) is 7.11 Å². The predicted molar refractivity (Wildman–Crippen MR) is 129 cm³/mol. The van der Waals surface area contributed by atoms with E-state index in [2.05, 4.69) is 5.32 Å². The van der Waals surface area contributed by atoms with Gasteiger partial charge in [0.1, 0.15) is 11.8 Å². The lowest BCUT2D eigenvalue weighted by molar-refractivity contribution is -0.139. The van der Waals surface area contributed by atoms with E-state index < -0.39 is 11.9 Å². The van der Waals surface area contributed by atoms with Crippen molar-refractivity contribution in [3.63, 3.8) is 0 Å². The van der Waals surface area contributed by atoms with E-state index in [1.807, 2.05) is 53.4 Å². The molecule has 3 atom stereocenters. The molecule has 34 heavy (non-hydrogen) atoms. The molecule has 0 saturated carbocycles. The Labute approximate surface area is 200 Å². The normalized spacial score (nSPS) is 21.3. The second-order valence-corrected chi connectivity index (χ2v) is 9.10. The minimum absolute atomic E-state index is 0.0264. The molecule has 2 fully saturated rings. The number of nitrogens with zero attached hydrogens (tertiary/aromatic N) is 2. The average molecular weight is 465 g/mol. The summed E-state index contributed by atoms with van der Waals surface area (Å²) < 4.78 is 5.23. The van der Waals surface area contributed by atoms with Gasteiger partial charge in [-0.05, 0) is 42.4 Å². The Hall–Kier alpha value is -3.55. The maximum absolute atomic E-state index is 13.1. The number of benzene rings is 2. The predicted octanol–water partition coefficient (Wildman–Crippen LogP) is 2.88. The molecule has 2 aliphatic heterocycles. The number of primary amides is 1.